The number of hydrogen-bond donors (Lipinski definition) is 1. The van der Waals surface area contributed by atoms with Crippen LogP contribution in [0.15, 0.2) is 35.1 Å². The Bertz CT molecular complexity index is 863. The molecule has 0 unspecified atom stereocenters. The lowest BCUT2D eigenvalue weighted by molar-refractivity contribution is -0.384. The Morgan fingerprint density at radius 2 is 1.95 bits per heavy atom. The van der Waals surface area contributed by atoms with Gasteiger partial charge in [-0.1, -0.05) is 0 Å². The number of nitrogens with zero attached hydrogens (tertiary/aromatic N) is 4. The predicted octanol–water partition coefficient (Wildman–Crippen LogP) is 1.30. The molecule has 0 spiro atoms. The van der Waals surface area contributed by atoms with E-state index in [-0.39, 0.29) is 17.0 Å². The maximum atomic E-state index is 11.9. The molecule has 0 aliphatic rings. The fourth-order valence-electron chi connectivity index (χ4n) is 1.89. The molecule has 1 aromatic carbocycles. The normalized spacial score (nSPS) is 10.8. The molecule has 0 saturated carbocycles. The molecule has 0 amide bonds. The van der Waals surface area contributed by atoms with Gasteiger partial charge in [-0.25, -0.2) is 4.98 Å². The van der Waals surface area contributed by atoms with Crippen molar-refractivity contribution in [1.82, 2.24) is 19.6 Å². The van der Waals surface area contributed by atoms with Gasteiger partial charge in [0.25, 0.3) is 17.0 Å². The number of nitrogens with one attached hydrogen (secondary N) is 1. The molecule has 0 fully saturated rings. The van der Waals surface area contributed by atoms with E-state index in [4.69, 9.17) is 0 Å². The zero-order chi connectivity index (χ0) is 14.3. The SMILES string of the molecule is Cc1nc2nc(-c3ccc([N+](=O)[O-])cc3)cc(=O)n2[nH]1. The first kappa shape index (κ1) is 12.0. The van der Waals surface area contributed by atoms with Gasteiger partial charge in [0.05, 0.1) is 10.6 Å². The van der Waals surface area contributed by atoms with Crippen LogP contribution in [0.3, 0.4) is 0 Å². The number of nitro groups is 1. The van der Waals surface area contributed by atoms with Crippen LogP contribution in [0.2, 0.25) is 0 Å². The van der Waals surface area contributed by atoms with E-state index in [1.807, 2.05) is 0 Å². The summed E-state index contributed by atoms with van der Waals surface area (Å²) in [5.74, 6) is 0.846. The lowest BCUT2D eigenvalue weighted by Crippen LogP contribution is -2.14. The summed E-state index contributed by atoms with van der Waals surface area (Å²) in [5, 5.41) is 13.4. The van der Waals surface area contributed by atoms with Gasteiger partial charge in [0.2, 0.25) is 0 Å². The number of hydrogen-bond acceptors (Lipinski definition) is 5. The molecule has 0 bridgehead atoms. The molecule has 20 heavy (non-hydrogen) atoms. The standard InChI is InChI=1S/C12H9N5O3/c1-7-13-12-14-10(6-11(18)16(12)15-7)8-2-4-9(5-3-8)17(19)20/h2-6H,1H3,(H,13,14,15). The van der Waals surface area contributed by atoms with E-state index < -0.39 is 4.92 Å². The topological polar surface area (TPSA) is 106 Å². The number of non-ortho nitro benzene ring substituents is 1. The quantitative estimate of drug-likeness (QED) is 0.558. The van der Waals surface area contributed by atoms with Crippen LogP contribution in [0, 0.1) is 17.0 Å². The number of aryl methyl sites for hydroxylation is 1. The van der Waals surface area contributed by atoms with E-state index in [9.17, 15) is 14.9 Å². The largest absolute Gasteiger partial charge is 0.275 e. The summed E-state index contributed by atoms with van der Waals surface area (Å²) in [5.41, 5.74) is 0.748. The molecule has 3 rings (SSSR count). The highest BCUT2D eigenvalue weighted by molar-refractivity contribution is 5.62. The Labute approximate surface area is 111 Å². The van der Waals surface area contributed by atoms with Gasteiger partial charge in [-0.2, -0.15) is 9.50 Å². The van der Waals surface area contributed by atoms with E-state index in [0.29, 0.717) is 17.1 Å². The lowest BCUT2D eigenvalue weighted by atomic mass is 10.1. The molecule has 0 aliphatic carbocycles. The first-order valence-corrected chi connectivity index (χ1v) is 5.76. The van der Waals surface area contributed by atoms with E-state index in [0.717, 1.165) is 0 Å². The number of H-pyrrole nitrogens is 1. The molecule has 0 atom stereocenters. The summed E-state index contributed by atoms with van der Waals surface area (Å²) in [6.07, 6.45) is 0. The van der Waals surface area contributed by atoms with Crippen LogP contribution in [-0.2, 0) is 0 Å². The summed E-state index contributed by atoms with van der Waals surface area (Å²) in [6.45, 7) is 1.72. The smallest absolute Gasteiger partial charge is 0.274 e. The number of nitro benzene ring substituents is 1. The summed E-state index contributed by atoms with van der Waals surface area (Å²) in [4.78, 5) is 30.4. The Morgan fingerprint density at radius 1 is 1.25 bits per heavy atom. The van der Waals surface area contributed by atoms with Crippen molar-refractivity contribution in [2.75, 3.05) is 0 Å². The van der Waals surface area contributed by atoms with Crippen LogP contribution < -0.4 is 5.56 Å². The van der Waals surface area contributed by atoms with Gasteiger partial charge in [-0.3, -0.25) is 20.0 Å². The number of benzene rings is 1. The summed E-state index contributed by atoms with van der Waals surface area (Å²) >= 11 is 0. The molecule has 3 aromatic rings. The first-order valence-electron chi connectivity index (χ1n) is 5.76. The molecule has 2 heterocycles. The summed E-state index contributed by atoms with van der Waals surface area (Å²) < 4.78 is 1.24. The average molecular weight is 271 g/mol. The Hall–Kier alpha value is -3.03. The third kappa shape index (κ3) is 1.92. The third-order valence-electron chi connectivity index (χ3n) is 2.82. The number of aromatic amines is 1. The third-order valence-corrected chi connectivity index (χ3v) is 2.82. The van der Waals surface area contributed by atoms with Crippen molar-refractivity contribution in [3.63, 3.8) is 0 Å². The summed E-state index contributed by atoms with van der Waals surface area (Å²) in [7, 11) is 0. The van der Waals surface area contributed by atoms with Crippen LogP contribution in [0.4, 0.5) is 5.69 Å². The van der Waals surface area contributed by atoms with E-state index in [1.54, 1.807) is 19.1 Å². The lowest BCUT2D eigenvalue weighted by Gasteiger charge is -2.00. The van der Waals surface area contributed by atoms with Crippen LogP contribution in [-0.4, -0.2) is 24.5 Å². The molecular formula is C12H9N5O3. The molecular weight excluding hydrogens is 262 g/mol. The highest BCUT2D eigenvalue weighted by Crippen LogP contribution is 2.19. The van der Waals surface area contributed by atoms with Gasteiger partial charge in [0.15, 0.2) is 0 Å². The molecule has 2 aromatic heterocycles. The molecule has 8 heteroatoms. The molecule has 100 valence electrons. The van der Waals surface area contributed by atoms with Crippen LogP contribution in [0.5, 0.6) is 0 Å². The minimum absolute atomic E-state index is 0.0119. The predicted molar refractivity (Wildman–Crippen MR) is 70.4 cm³/mol. The van der Waals surface area contributed by atoms with Gasteiger partial charge in [-0.05, 0) is 19.1 Å². The van der Waals surface area contributed by atoms with Gasteiger partial charge in [-0.15, -0.1) is 0 Å². The van der Waals surface area contributed by atoms with E-state index >= 15 is 0 Å². The van der Waals surface area contributed by atoms with Gasteiger partial charge in [0.1, 0.15) is 5.82 Å². The van der Waals surface area contributed by atoms with Crippen molar-refractivity contribution >= 4 is 11.5 Å². The Morgan fingerprint density at radius 3 is 2.60 bits per heavy atom. The van der Waals surface area contributed by atoms with Crippen molar-refractivity contribution < 1.29 is 4.92 Å². The van der Waals surface area contributed by atoms with Crippen LogP contribution in [0.1, 0.15) is 5.82 Å². The number of fused-ring (bicyclic) bond motifs is 1. The van der Waals surface area contributed by atoms with E-state index in [1.165, 1.54) is 22.7 Å². The van der Waals surface area contributed by atoms with Crippen LogP contribution >= 0.6 is 0 Å². The van der Waals surface area contributed by atoms with Gasteiger partial charge >= 0.3 is 0 Å². The number of aromatic nitrogens is 4. The zero-order valence-corrected chi connectivity index (χ0v) is 10.4. The second-order valence-corrected chi connectivity index (χ2v) is 4.23. The van der Waals surface area contributed by atoms with Gasteiger partial charge < -0.3 is 0 Å². The number of rotatable bonds is 2. The maximum Gasteiger partial charge on any atom is 0.274 e. The fourth-order valence-corrected chi connectivity index (χ4v) is 1.89. The molecule has 0 aliphatic heterocycles. The fraction of sp³-hybridized carbons (Fsp3) is 0.0833. The highest BCUT2D eigenvalue weighted by atomic mass is 16.6. The highest BCUT2D eigenvalue weighted by Gasteiger charge is 2.09. The second kappa shape index (κ2) is 4.26. The molecule has 0 saturated heterocycles. The summed E-state index contributed by atoms with van der Waals surface area (Å²) in [6, 6.07) is 7.20. The molecule has 1 N–H and O–H groups in total. The maximum absolute atomic E-state index is 11.9. The monoisotopic (exact) mass is 271 g/mol. The molecule has 8 nitrogen and oxygen atoms in total. The van der Waals surface area contributed by atoms with Crippen LogP contribution in [0.25, 0.3) is 17.0 Å². The second-order valence-electron chi connectivity index (χ2n) is 4.23. The van der Waals surface area contributed by atoms with E-state index in [2.05, 4.69) is 15.1 Å². The van der Waals surface area contributed by atoms with Crippen molar-refractivity contribution in [1.29, 1.82) is 0 Å². The van der Waals surface area contributed by atoms with Crippen molar-refractivity contribution in [3.8, 4) is 11.3 Å². The van der Waals surface area contributed by atoms with Crippen molar-refractivity contribution in [3.05, 3.63) is 56.6 Å². The molecule has 0 radical (unpaired) electrons. The van der Waals surface area contributed by atoms with Crippen molar-refractivity contribution in [2.45, 2.75) is 6.92 Å². The zero-order valence-electron chi connectivity index (χ0n) is 10.4. The Kier molecular flexibility index (Phi) is 2.56. The first-order chi connectivity index (χ1) is 9.54. The minimum atomic E-state index is -0.480. The minimum Gasteiger partial charge on any atom is -0.275 e. The van der Waals surface area contributed by atoms with Gasteiger partial charge in [0, 0.05) is 23.8 Å². The Balaban J connectivity index is 2.14. The average Bonchev–Trinajstić information content (AvgIpc) is 2.80. The van der Waals surface area contributed by atoms with Crippen molar-refractivity contribution in [2.24, 2.45) is 0 Å².